The number of imidazole rings is 1. The monoisotopic (exact) mass is 413 g/mol. The van der Waals surface area contributed by atoms with Gasteiger partial charge in [-0.15, -0.1) is 0 Å². The molecule has 4 aromatic rings. The van der Waals surface area contributed by atoms with Gasteiger partial charge in [0.25, 0.3) is 0 Å². The fraction of sp³-hybridized carbons (Fsp3) is 0.231. The second kappa shape index (κ2) is 9.04. The molecule has 0 aliphatic heterocycles. The highest BCUT2D eigenvalue weighted by Gasteiger charge is 2.15. The van der Waals surface area contributed by atoms with Crippen LogP contribution >= 0.6 is 0 Å². The number of fused-ring (bicyclic) bond motifs is 1. The molecule has 0 saturated carbocycles. The van der Waals surface area contributed by atoms with E-state index in [0.717, 1.165) is 51.4 Å². The van der Waals surface area contributed by atoms with Crippen LogP contribution in [0.4, 0.5) is 5.69 Å². The molecule has 1 amide bonds. The van der Waals surface area contributed by atoms with Crippen molar-refractivity contribution in [3.8, 4) is 5.75 Å². The first-order valence-corrected chi connectivity index (χ1v) is 10.6. The SMILES string of the molecule is CCc1ccccc1NC(=O)Cn1c(COc2cc(C)ccc2C)nc2ccccc21. The number of aromatic nitrogens is 2. The molecule has 1 heterocycles. The second-order valence-corrected chi connectivity index (χ2v) is 7.72. The molecule has 0 bridgehead atoms. The van der Waals surface area contributed by atoms with Gasteiger partial charge in [0.2, 0.25) is 5.91 Å². The molecule has 31 heavy (non-hydrogen) atoms. The first-order chi connectivity index (χ1) is 15.0. The molecule has 158 valence electrons. The van der Waals surface area contributed by atoms with Gasteiger partial charge in [-0.05, 0) is 61.2 Å². The van der Waals surface area contributed by atoms with E-state index < -0.39 is 0 Å². The van der Waals surface area contributed by atoms with E-state index in [4.69, 9.17) is 9.72 Å². The zero-order chi connectivity index (χ0) is 21.8. The van der Waals surface area contributed by atoms with Crippen LogP contribution in [0.25, 0.3) is 11.0 Å². The third-order valence-electron chi connectivity index (χ3n) is 5.41. The third-order valence-corrected chi connectivity index (χ3v) is 5.41. The third kappa shape index (κ3) is 4.61. The summed E-state index contributed by atoms with van der Waals surface area (Å²) in [6, 6.07) is 21.9. The summed E-state index contributed by atoms with van der Waals surface area (Å²) < 4.78 is 8.03. The Hall–Kier alpha value is -3.60. The van der Waals surface area contributed by atoms with E-state index >= 15 is 0 Å². The number of anilines is 1. The van der Waals surface area contributed by atoms with Crippen molar-refractivity contribution in [2.24, 2.45) is 0 Å². The fourth-order valence-corrected chi connectivity index (χ4v) is 3.70. The van der Waals surface area contributed by atoms with E-state index in [-0.39, 0.29) is 19.1 Å². The van der Waals surface area contributed by atoms with E-state index in [2.05, 4.69) is 18.3 Å². The quantitative estimate of drug-likeness (QED) is 0.439. The van der Waals surface area contributed by atoms with E-state index in [9.17, 15) is 4.79 Å². The van der Waals surface area contributed by atoms with E-state index in [1.54, 1.807) is 0 Å². The number of nitrogens with zero attached hydrogens (tertiary/aromatic N) is 2. The molecule has 1 N–H and O–H groups in total. The number of benzene rings is 3. The second-order valence-electron chi connectivity index (χ2n) is 7.72. The Morgan fingerprint density at radius 2 is 1.81 bits per heavy atom. The topological polar surface area (TPSA) is 56.2 Å². The van der Waals surface area contributed by atoms with Gasteiger partial charge in [-0.3, -0.25) is 4.79 Å². The molecule has 0 radical (unpaired) electrons. The molecule has 0 fully saturated rings. The minimum absolute atomic E-state index is 0.0861. The van der Waals surface area contributed by atoms with E-state index in [1.807, 2.05) is 79.1 Å². The summed E-state index contributed by atoms with van der Waals surface area (Å²) >= 11 is 0. The van der Waals surface area contributed by atoms with Crippen LogP contribution in [0.5, 0.6) is 5.75 Å². The lowest BCUT2D eigenvalue weighted by molar-refractivity contribution is -0.116. The highest BCUT2D eigenvalue weighted by molar-refractivity contribution is 5.92. The van der Waals surface area contributed by atoms with Crippen LogP contribution in [0.15, 0.2) is 66.7 Å². The first-order valence-electron chi connectivity index (χ1n) is 10.6. The Labute approximate surface area is 182 Å². The lowest BCUT2D eigenvalue weighted by atomic mass is 10.1. The highest BCUT2D eigenvalue weighted by Crippen LogP contribution is 2.23. The maximum absolute atomic E-state index is 12.9. The van der Waals surface area contributed by atoms with Gasteiger partial charge in [0.1, 0.15) is 24.7 Å². The van der Waals surface area contributed by atoms with Crippen molar-refractivity contribution < 1.29 is 9.53 Å². The number of hydrogen-bond acceptors (Lipinski definition) is 3. The number of carbonyl (C=O) groups excluding carboxylic acids is 1. The lowest BCUT2D eigenvalue weighted by Gasteiger charge is -2.13. The molecule has 3 aromatic carbocycles. The van der Waals surface area contributed by atoms with Crippen molar-refractivity contribution in [3.63, 3.8) is 0 Å². The average molecular weight is 414 g/mol. The van der Waals surface area contributed by atoms with Crippen molar-refractivity contribution in [2.75, 3.05) is 5.32 Å². The summed E-state index contributed by atoms with van der Waals surface area (Å²) in [7, 11) is 0. The van der Waals surface area contributed by atoms with Gasteiger partial charge >= 0.3 is 0 Å². The van der Waals surface area contributed by atoms with Crippen LogP contribution < -0.4 is 10.1 Å². The summed E-state index contributed by atoms with van der Waals surface area (Å²) in [4.78, 5) is 17.6. The molecule has 0 saturated heterocycles. The van der Waals surface area contributed by atoms with Crippen molar-refractivity contribution in [1.82, 2.24) is 9.55 Å². The molecule has 5 heteroatoms. The van der Waals surface area contributed by atoms with Crippen LogP contribution in [-0.2, 0) is 24.4 Å². The van der Waals surface area contributed by atoms with Crippen molar-refractivity contribution >= 4 is 22.6 Å². The molecule has 0 aliphatic rings. The van der Waals surface area contributed by atoms with Crippen molar-refractivity contribution in [3.05, 3.63) is 89.2 Å². The first kappa shape index (κ1) is 20.7. The van der Waals surface area contributed by atoms with Gasteiger partial charge in [0.15, 0.2) is 0 Å². The number of rotatable bonds is 7. The summed E-state index contributed by atoms with van der Waals surface area (Å²) in [5.41, 5.74) is 5.95. The summed E-state index contributed by atoms with van der Waals surface area (Å²) in [5, 5.41) is 3.05. The molecule has 4 rings (SSSR count). The van der Waals surface area contributed by atoms with Crippen LogP contribution in [0, 0.1) is 13.8 Å². The van der Waals surface area contributed by atoms with Gasteiger partial charge in [-0.1, -0.05) is 49.4 Å². The maximum Gasteiger partial charge on any atom is 0.244 e. The summed E-state index contributed by atoms with van der Waals surface area (Å²) in [6.45, 7) is 6.61. The molecule has 0 unspecified atom stereocenters. The van der Waals surface area contributed by atoms with Crippen molar-refractivity contribution in [1.29, 1.82) is 0 Å². The average Bonchev–Trinajstić information content (AvgIpc) is 3.12. The zero-order valence-corrected chi connectivity index (χ0v) is 18.2. The fourth-order valence-electron chi connectivity index (χ4n) is 3.70. The summed E-state index contributed by atoms with van der Waals surface area (Å²) in [6.07, 6.45) is 0.861. The van der Waals surface area contributed by atoms with Gasteiger partial charge in [0.05, 0.1) is 11.0 Å². The van der Waals surface area contributed by atoms with Crippen LogP contribution in [0.2, 0.25) is 0 Å². The number of amides is 1. The molecular formula is C26H27N3O2. The van der Waals surface area contributed by atoms with E-state index in [0.29, 0.717) is 0 Å². The maximum atomic E-state index is 12.9. The lowest BCUT2D eigenvalue weighted by Crippen LogP contribution is -2.21. The highest BCUT2D eigenvalue weighted by atomic mass is 16.5. The molecule has 0 aliphatic carbocycles. The largest absolute Gasteiger partial charge is 0.485 e. The van der Waals surface area contributed by atoms with Crippen LogP contribution in [-0.4, -0.2) is 15.5 Å². The minimum Gasteiger partial charge on any atom is -0.485 e. The number of para-hydroxylation sites is 3. The Kier molecular flexibility index (Phi) is 6.03. The van der Waals surface area contributed by atoms with Crippen LogP contribution in [0.3, 0.4) is 0 Å². The Balaban J connectivity index is 1.59. The molecule has 1 aromatic heterocycles. The van der Waals surface area contributed by atoms with Gasteiger partial charge in [-0.25, -0.2) is 4.98 Å². The predicted molar refractivity (Wildman–Crippen MR) is 124 cm³/mol. The van der Waals surface area contributed by atoms with Crippen molar-refractivity contribution in [2.45, 2.75) is 40.3 Å². The number of hydrogen-bond donors (Lipinski definition) is 1. The number of ether oxygens (including phenoxy) is 1. The Morgan fingerprint density at radius 3 is 2.65 bits per heavy atom. The zero-order valence-electron chi connectivity index (χ0n) is 18.2. The van der Waals surface area contributed by atoms with Gasteiger partial charge < -0.3 is 14.6 Å². The van der Waals surface area contributed by atoms with Crippen LogP contribution in [0.1, 0.15) is 29.4 Å². The molecule has 5 nitrogen and oxygen atoms in total. The van der Waals surface area contributed by atoms with Gasteiger partial charge in [0, 0.05) is 5.69 Å². The number of aryl methyl sites for hydroxylation is 3. The molecule has 0 atom stereocenters. The summed E-state index contributed by atoms with van der Waals surface area (Å²) in [5.74, 6) is 1.47. The number of carbonyl (C=O) groups is 1. The smallest absolute Gasteiger partial charge is 0.244 e. The molecule has 0 spiro atoms. The standard InChI is InChI=1S/C26H27N3O2/c1-4-20-9-5-6-10-21(20)28-26(30)16-29-23-12-8-7-11-22(23)27-25(29)17-31-24-15-18(2)13-14-19(24)3/h5-15H,4,16-17H2,1-3H3,(H,28,30). The van der Waals surface area contributed by atoms with E-state index in [1.165, 1.54) is 0 Å². The predicted octanol–water partition coefficient (Wildman–Crippen LogP) is 5.43. The molecular weight excluding hydrogens is 386 g/mol. The minimum atomic E-state index is -0.0861. The van der Waals surface area contributed by atoms with Gasteiger partial charge in [-0.2, -0.15) is 0 Å². The Bertz CT molecular complexity index is 1230. The normalized spacial score (nSPS) is 10.9. The Morgan fingerprint density at radius 1 is 1.03 bits per heavy atom. The number of nitrogens with one attached hydrogen (secondary N) is 1.